The Kier molecular flexibility index (Phi) is 5.08. The number of hydrogen-bond acceptors (Lipinski definition) is 2. The van der Waals surface area contributed by atoms with Gasteiger partial charge < -0.3 is 9.80 Å². The zero-order valence-electron chi connectivity index (χ0n) is 7.91. The van der Waals surface area contributed by atoms with Crippen LogP contribution in [0.5, 0.6) is 0 Å². The van der Waals surface area contributed by atoms with Gasteiger partial charge in [-0.05, 0) is 6.92 Å². The minimum Gasteiger partial charge on any atom is -0.344 e. The lowest BCUT2D eigenvalue weighted by Gasteiger charge is -2.19. The fourth-order valence-electron chi connectivity index (χ4n) is 0.721. The topological polar surface area (TPSA) is 40.6 Å². The molecule has 0 aromatic carbocycles. The molecule has 0 N–H and O–H groups in total. The van der Waals surface area contributed by atoms with E-state index >= 15 is 0 Å². The minimum absolute atomic E-state index is 0.0250. The van der Waals surface area contributed by atoms with Crippen molar-refractivity contribution in [2.75, 3.05) is 26.7 Å². The summed E-state index contributed by atoms with van der Waals surface area (Å²) < 4.78 is 0. The van der Waals surface area contributed by atoms with Crippen molar-refractivity contribution in [1.82, 2.24) is 9.80 Å². The Hall–Kier alpha value is -1.06. The molecular weight excluding hydrogens is 156 g/mol. The fraction of sp³-hybridized carbons (Fsp3) is 0.750. The molecule has 0 atom stereocenters. The van der Waals surface area contributed by atoms with Crippen molar-refractivity contribution in [2.45, 2.75) is 13.8 Å². The first-order valence-electron chi connectivity index (χ1n) is 4.02. The van der Waals surface area contributed by atoms with Gasteiger partial charge in [0.25, 0.3) is 0 Å². The molecule has 0 heterocycles. The number of likely N-dealkylation sites (N-methyl/N-ethyl adjacent to an activating group) is 2. The Labute approximate surface area is 73.1 Å². The van der Waals surface area contributed by atoms with E-state index < -0.39 is 0 Å². The van der Waals surface area contributed by atoms with Gasteiger partial charge in [-0.1, -0.05) is 0 Å². The lowest BCUT2D eigenvalue weighted by molar-refractivity contribution is -0.128. The van der Waals surface area contributed by atoms with Crippen LogP contribution in [-0.4, -0.2) is 48.8 Å². The van der Waals surface area contributed by atoms with Gasteiger partial charge >= 0.3 is 0 Å². The summed E-state index contributed by atoms with van der Waals surface area (Å²) in [5.74, 6) is 0.0250. The van der Waals surface area contributed by atoms with Crippen LogP contribution in [0.1, 0.15) is 13.8 Å². The van der Waals surface area contributed by atoms with Crippen molar-refractivity contribution in [2.24, 2.45) is 0 Å². The third kappa shape index (κ3) is 3.95. The molecule has 0 radical (unpaired) electrons. The molecule has 0 spiro atoms. The number of hydrogen-bond donors (Lipinski definition) is 0. The monoisotopic (exact) mass is 172 g/mol. The average molecular weight is 172 g/mol. The summed E-state index contributed by atoms with van der Waals surface area (Å²) in [5, 5.41) is 0. The van der Waals surface area contributed by atoms with Crippen molar-refractivity contribution < 1.29 is 9.59 Å². The maximum atomic E-state index is 10.8. The standard InChI is InChI=1S/C8H16N2O2/c1-4-10(7-11)6-5-9(3)8(2)12/h7H,4-6H2,1-3H3. The van der Waals surface area contributed by atoms with Crippen LogP contribution in [0.4, 0.5) is 0 Å². The Bertz CT molecular complexity index is 157. The lowest BCUT2D eigenvalue weighted by atomic mass is 10.4. The zero-order valence-corrected chi connectivity index (χ0v) is 7.91. The quantitative estimate of drug-likeness (QED) is 0.545. The molecule has 2 amide bonds. The van der Waals surface area contributed by atoms with Crippen LogP contribution in [0.15, 0.2) is 0 Å². The normalized spacial score (nSPS) is 9.25. The number of amides is 2. The van der Waals surface area contributed by atoms with E-state index in [1.807, 2.05) is 6.92 Å². The third-order valence-corrected chi connectivity index (χ3v) is 1.82. The summed E-state index contributed by atoms with van der Waals surface area (Å²) >= 11 is 0. The van der Waals surface area contributed by atoms with E-state index in [1.165, 1.54) is 6.92 Å². The van der Waals surface area contributed by atoms with E-state index in [4.69, 9.17) is 0 Å². The van der Waals surface area contributed by atoms with Crippen molar-refractivity contribution in [3.63, 3.8) is 0 Å². The van der Waals surface area contributed by atoms with Gasteiger partial charge in [-0.3, -0.25) is 9.59 Å². The molecule has 4 nitrogen and oxygen atoms in total. The second-order valence-electron chi connectivity index (χ2n) is 2.67. The average Bonchev–Trinajstić information content (AvgIpc) is 2.05. The molecule has 4 heteroatoms. The summed E-state index contributed by atoms with van der Waals surface area (Å²) in [6.07, 6.45) is 0.800. The second kappa shape index (κ2) is 5.57. The van der Waals surface area contributed by atoms with E-state index in [2.05, 4.69) is 0 Å². The van der Waals surface area contributed by atoms with Crippen LogP contribution in [0.2, 0.25) is 0 Å². The SMILES string of the molecule is CCN(C=O)CCN(C)C(C)=O. The maximum Gasteiger partial charge on any atom is 0.219 e. The number of nitrogens with zero attached hydrogens (tertiary/aromatic N) is 2. The molecule has 70 valence electrons. The summed E-state index contributed by atoms with van der Waals surface area (Å²) in [6.45, 7) is 5.31. The van der Waals surface area contributed by atoms with Crippen LogP contribution < -0.4 is 0 Å². The van der Waals surface area contributed by atoms with Gasteiger partial charge in [-0.25, -0.2) is 0 Å². The molecule has 0 saturated carbocycles. The molecule has 0 unspecified atom stereocenters. The zero-order chi connectivity index (χ0) is 9.56. The van der Waals surface area contributed by atoms with Crippen molar-refractivity contribution in [3.8, 4) is 0 Å². The fourth-order valence-corrected chi connectivity index (χ4v) is 0.721. The van der Waals surface area contributed by atoms with Gasteiger partial charge in [0, 0.05) is 33.6 Å². The number of rotatable bonds is 5. The summed E-state index contributed by atoms with van der Waals surface area (Å²) in [7, 11) is 1.72. The number of carbonyl (C=O) groups excluding carboxylic acids is 2. The largest absolute Gasteiger partial charge is 0.344 e. The van der Waals surface area contributed by atoms with Crippen LogP contribution in [0.3, 0.4) is 0 Å². The van der Waals surface area contributed by atoms with Gasteiger partial charge in [-0.15, -0.1) is 0 Å². The highest BCUT2D eigenvalue weighted by molar-refractivity contribution is 5.72. The Morgan fingerprint density at radius 2 is 2.00 bits per heavy atom. The van der Waals surface area contributed by atoms with Gasteiger partial charge in [0.2, 0.25) is 12.3 Å². The molecule has 0 saturated heterocycles. The summed E-state index contributed by atoms with van der Waals surface area (Å²) in [5.41, 5.74) is 0. The molecule has 0 fully saturated rings. The Morgan fingerprint density at radius 3 is 2.33 bits per heavy atom. The van der Waals surface area contributed by atoms with Crippen LogP contribution >= 0.6 is 0 Å². The van der Waals surface area contributed by atoms with Crippen molar-refractivity contribution in [1.29, 1.82) is 0 Å². The maximum absolute atomic E-state index is 10.8. The van der Waals surface area contributed by atoms with E-state index in [0.717, 1.165) is 6.41 Å². The first kappa shape index (κ1) is 10.9. The first-order chi connectivity index (χ1) is 5.61. The van der Waals surface area contributed by atoms with Crippen molar-refractivity contribution >= 4 is 12.3 Å². The molecular formula is C8H16N2O2. The summed E-state index contributed by atoms with van der Waals surface area (Å²) in [6, 6.07) is 0. The summed E-state index contributed by atoms with van der Waals surface area (Å²) in [4.78, 5) is 24.3. The first-order valence-corrected chi connectivity index (χ1v) is 4.02. The van der Waals surface area contributed by atoms with Gasteiger partial charge in [0.15, 0.2) is 0 Å². The van der Waals surface area contributed by atoms with Gasteiger partial charge in [-0.2, -0.15) is 0 Å². The van der Waals surface area contributed by atoms with E-state index in [9.17, 15) is 9.59 Å². The van der Waals surface area contributed by atoms with Crippen LogP contribution in [0.25, 0.3) is 0 Å². The molecule has 0 aliphatic heterocycles. The predicted octanol–water partition coefficient (Wildman–Crippen LogP) is -0.0570. The highest BCUT2D eigenvalue weighted by Crippen LogP contribution is 1.86. The Balaban J connectivity index is 3.65. The van der Waals surface area contributed by atoms with Crippen LogP contribution in [-0.2, 0) is 9.59 Å². The third-order valence-electron chi connectivity index (χ3n) is 1.82. The Morgan fingerprint density at radius 1 is 1.42 bits per heavy atom. The van der Waals surface area contributed by atoms with E-state index in [-0.39, 0.29) is 5.91 Å². The second-order valence-corrected chi connectivity index (χ2v) is 2.67. The highest BCUT2D eigenvalue weighted by atomic mass is 16.2. The number of carbonyl (C=O) groups is 2. The molecule has 0 aromatic heterocycles. The van der Waals surface area contributed by atoms with Gasteiger partial charge in [0.05, 0.1) is 0 Å². The molecule has 12 heavy (non-hydrogen) atoms. The lowest BCUT2D eigenvalue weighted by Crippen LogP contribution is -2.34. The smallest absolute Gasteiger partial charge is 0.219 e. The van der Waals surface area contributed by atoms with E-state index in [1.54, 1.807) is 16.8 Å². The predicted molar refractivity (Wildman–Crippen MR) is 46.6 cm³/mol. The molecule has 0 rings (SSSR count). The highest BCUT2D eigenvalue weighted by Gasteiger charge is 2.03. The van der Waals surface area contributed by atoms with Gasteiger partial charge in [0.1, 0.15) is 0 Å². The van der Waals surface area contributed by atoms with Crippen molar-refractivity contribution in [3.05, 3.63) is 0 Å². The van der Waals surface area contributed by atoms with E-state index in [0.29, 0.717) is 19.6 Å². The molecule has 0 bridgehead atoms. The minimum atomic E-state index is 0.0250. The molecule has 0 aliphatic rings. The molecule has 0 aromatic rings. The van der Waals surface area contributed by atoms with Crippen LogP contribution in [0, 0.1) is 0 Å². The molecule has 0 aliphatic carbocycles.